The molecule has 5 nitrogen and oxygen atoms in total. The number of nitrogens with zero attached hydrogens (tertiary/aromatic N) is 3. The van der Waals surface area contributed by atoms with E-state index >= 15 is 0 Å². The maximum absolute atomic E-state index is 12.8. The molecule has 0 fully saturated rings. The van der Waals surface area contributed by atoms with Crippen LogP contribution in [-0.2, 0) is 0 Å². The molecular weight excluding hydrogens is 332 g/mol. The van der Waals surface area contributed by atoms with Gasteiger partial charge in [-0.25, -0.2) is 4.39 Å². The number of non-ortho nitro benzene ring substituents is 1. The number of nitro groups is 1. The van der Waals surface area contributed by atoms with Gasteiger partial charge in [0.25, 0.3) is 5.69 Å². The molecule has 0 amide bonds. The van der Waals surface area contributed by atoms with E-state index < -0.39 is 4.92 Å². The maximum atomic E-state index is 12.8. The minimum atomic E-state index is -0.518. The van der Waals surface area contributed by atoms with Crippen molar-refractivity contribution in [3.8, 4) is 0 Å². The molecule has 0 heterocycles. The van der Waals surface area contributed by atoms with Crippen molar-refractivity contribution in [1.82, 2.24) is 0 Å². The summed E-state index contributed by atoms with van der Waals surface area (Å²) >= 11 is 11.5. The van der Waals surface area contributed by atoms with E-state index in [0.29, 0.717) is 11.3 Å². The Hall–Kier alpha value is -2.31. The van der Waals surface area contributed by atoms with Crippen molar-refractivity contribution in [2.45, 2.75) is 0 Å². The summed E-state index contributed by atoms with van der Waals surface area (Å²) in [6, 6.07) is 10.9. The second-order valence-electron chi connectivity index (χ2n) is 4.09. The second-order valence-corrected chi connectivity index (χ2v) is 5.04. The van der Waals surface area contributed by atoms with Crippen LogP contribution in [0.15, 0.2) is 63.3 Å². The molecule has 0 spiro atoms. The number of halogens is 3. The van der Waals surface area contributed by atoms with Crippen molar-refractivity contribution < 1.29 is 9.31 Å². The summed E-state index contributed by atoms with van der Waals surface area (Å²) in [7, 11) is 0. The minimum absolute atomic E-state index is 0.0655. The molecule has 0 atom stereocenters. The summed E-state index contributed by atoms with van der Waals surface area (Å²) in [6.45, 7) is 0. The molecule has 2 aromatic carbocycles. The smallest absolute Gasteiger partial charge is 0.258 e. The zero-order valence-corrected chi connectivity index (χ0v) is 12.4. The number of nitro benzene ring substituents is 1. The quantitative estimate of drug-likeness (QED) is 0.412. The number of hydrogen-bond acceptors (Lipinski definition) is 4. The van der Waals surface area contributed by atoms with Gasteiger partial charge in [0.1, 0.15) is 16.0 Å². The molecule has 0 aromatic heterocycles. The molecule has 0 radical (unpaired) electrons. The van der Waals surface area contributed by atoms with E-state index in [1.54, 1.807) is 0 Å². The van der Waals surface area contributed by atoms with Gasteiger partial charge in [-0.3, -0.25) is 10.1 Å². The highest BCUT2D eigenvalue weighted by atomic mass is 35.5. The highest BCUT2D eigenvalue weighted by Crippen LogP contribution is 2.28. The van der Waals surface area contributed by atoms with E-state index in [1.165, 1.54) is 48.5 Å². The van der Waals surface area contributed by atoms with E-state index in [0.717, 1.165) is 0 Å². The monoisotopic (exact) mass is 339 g/mol. The molecule has 0 saturated heterocycles. The Morgan fingerprint density at radius 2 is 1.64 bits per heavy atom. The van der Waals surface area contributed by atoms with E-state index in [2.05, 4.69) is 10.2 Å². The standard InChI is InChI=1S/C14H8Cl2FN3O2/c15-14(16)13(9-1-7-12(8-2-9)20(21)22)19-18-11-5-3-10(17)4-6-11/h1-8H. The second kappa shape index (κ2) is 7.11. The number of rotatable bonds is 4. The first-order chi connectivity index (χ1) is 10.5. The Morgan fingerprint density at radius 1 is 1.05 bits per heavy atom. The van der Waals surface area contributed by atoms with Crippen molar-refractivity contribution in [2.24, 2.45) is 10.2 Å². The van der Waals surface area contributed by atoms with Gasteiger partial charge in [0, 0.05) is 17.7 Å². The molecule has 0 saturated carbocycles. The first-order valence-corrected chi connectivity index (χ1v) is 6.70. The Kier molecular flexibility index (Phi) is 5.19. The van der Waals surface area contributed by atoms with E-state index in [1.807, 2.05) is 0 Å². The van der Waals surface area contributed by atoms with Crippen LogP contribution in [0.1, 0.15) is 5.56 Å². The van der Waals surface area contributed by atoms with Crippen LogP contribution in [0.25, 0.3) is 5.70 Å². The topological polar surface area (TPSA) is 67.9 Å². The minimum Gasteiger partial charge on any atom is -0.258 e. The molecule has 0 aliphatic rings. The van der Waals surface area contributed by atoms with E-state index in [-0.39, 0.29) is 21.7 Å². The Bertz CT molecular complexity index is 740. The van der Waals surface area contributed by atoms with Crippen molar-refractivity contribution in [2.75, 3.05) is 0 Å². The summed E-state index contributed by atoms with van der Waals surface area (Å²) in [5, 5.41) is 18.4. The van der Waals surface area contributed by atoms with Crippen LogP contribution in [0.2, 0.25) is 0 Å². The van der Waals surface area contributed by atoms with Gasteiger partial charge < -0.3 is 0 Å². The van der Waals surface area contributed by atoms with Gasteiger partial charge in [0.2, 0.25) is 0 Å². The molecule has 0 unspecified atom stereocenters. The Labute approximate surface area is 134 Å². The normalized spacial score (nSPS) is 10.7. The highest BCUT2D eigenvalue weighted by molar-refractivity contribution is 6.58. The summed E-state index contributed by atoms with van der Waals surface area (Å²) in [5.74, 6) is -0.388. The van der Waals surface area contributed by atoms with Crippen molar-refractivity contribution in [1.29, 1.82) is 0 Å². The summed E-state index contributed by atoms with van der Waals surface area (Å²) in [4.78, 5) is 10.1. The van der Waals surface area contributed by atoms with Crippen LogP contribution in [0, 0.1) is 15.9 Å². The maximum Gasteiger partial charge on any atom is 0.269 e. The van der Waals surface area contributed by atoms with Crippen LogP contribution in [-0.4, -0.2) is 4.92 Å². The van der Waals surface area contributed by atoms with Crippen molar-refractivity contribution in [3.05, 3.63) is 74.5 Å². The summed E-state index contributed by atoms with van der Waals surface area (Å²) in [5.41, 5.74) is 0.971. The third kappa shape index (κ3) is 4.09. The lowest BCUT2D eigenvalue weighted by molar-refractivity contribution is -0.384. The van der Waals surface area contributed by atoms with E-state index in [9.17, 15) is 14.5 Å². The largest absolute Gasteiger partial charge is 0.269 e. The van der Waals surface area contributed by atoms with Gasteiger partial charge in [-0.2, -0.15) is 5.11 Å². The van der Waals surface area contributed by atoms with Crippen LogP contribution < -0.4 is 0 Å². The molecule has 8 heteroatoms. The van der Waals surface area contributed by atoms with Gasteiger partial charge in [0.05, 0.1) is 10.6 Å². The molecule has 0 bridgehead atoms. The number of hydrogen-bond donors (Lipinski definition) is 0. The first-order valence-electron chi connectivity index (χ1n) is 5.95. The van der Waals surface area contributed by atoms with Crippen LogP contribution in [0.4, 0.5) is 15.8 Å². The van der Waals surface area contributed by atoms with Crippen LogP contribution in [0.5, 0.6) is 0 Å². The van der Waals surface area contributed by atoms with Crippen LogP contribution >= 0.6 is 23.2 Å². The average molecular weight is 340 g/mol. The predicted molar refractivity (Wildman–Crippen MR) is 82.6 cm³/mol. The lowest BCUT2D eigenvalue weighted by Crippen LogP contribution is -1.88. The molecular formula is C14H8Cl2FN3O2. The van der Waals surface area contributed by atoms with Crippen molar-refractivity contribution in [3.63, 3.8) is 0 Å². The molecule has 0 aliphatic heterocycles. The SMILES string of the molecule is O=[N+]([O-])c1ccc(C(N=Nc2ccc(F)cc2)=C(Cl)Cl)cc1. The molecule has 112 valence electrons. The third-order valence-corrected chi connectivity index (χ3v) is 2.98. The molecule has 2 aromatic rings. The van der Waals surface area contributed by atoms with E-state index in [4.69, 9.17) is 23.2 Å². The Morgan fingerprint density at radius 3 is 2.14 bits per heavy atom. The average Bonchev–Trinajstić information content (AvgIpc) is 2.49. The summed E-state index contributed by atoms with van der Waals surface area (Å²) in [6.07, 6.45) is 0. The zero-order chi connectivity index (χ0) is 16.1. The fourth-order valence-corrected chi connectivity index (χ4v) is 1.85. The van der Waals surface area contributed by atoms with Gasteiger partial charge in [-0.15, -0.1) is 5.11 Å². The van der Waals surface area contributed by atoms with Gasteiger partial charge in [-0.05, 0) is 36.4 Å². The molecule has 2 rings (SSSR count). The van der Waals surface area contributed by atoms with Gasteiger partial charge in [-0.1, -0.05) is 23.2 Å². The third-order valence-electron chi connectivity index (χ3n) is 2.62. The predicted octanol–water partition coefficient (Wildman–Crippen LogP) is 5.62. The fraction of sp³-hybridized carbons (Fsp3) is 0. The number of azo groups is 1. The lowest BCUT2D eigenvalue weighted by atomic mass is 10.1. The first kappa shape index (κ1) is 16.1. The lowest BCUT2D eigenvalue weighted by Gasteiger charge is -2.01. The van der Waals surface area contributed by atoms with Crippen LogP contribution in [0.3, 0.4) is 0 Å². The fourth-order valence-electron chi connectivity index (χ4n) is 1.56. The zero-order valence-electron chi connectivity index (χ0n) is 10.9. The number of benzene rings is 2. The Balaban J connectivity index is 2.29. The molecule has 0 aliphatic carbocycles. The summed E-state index contributed by atoms with van der Waals surface area (Å²) < 4.78 is 12.7. The van der Waals surface area contributed by atoms with Crippen molar-refractivity contribution >= 4 is 40.3 Å². The molecule has 0 N–H and O–H groups in total. The van der Waals surface area contributed by atoms with Gasteiger partial charge >= 0.3 is 0 Å². The molecule has 22 heavy (non-hydrogen) atoms. The van der Waals surface area contributed by atoms with Gasteiger partial charge in [0.15, 0.2) is 0 Å². The highest BCUT2D eigenvalue weighted by Gasteiger charge is 2.09.